The minimum Gasteiger partial charge on any atom is -0.490 e. The van der Waals surface area contributed by atoms with Gasteiger partial charge in [0, 0.05) is 43.0 Å². The number of benzene rings is 2. The summed E-state index contributed by atoms with van der Waals surface area (Å²) in [4.78, 5) is 23.1. The minimum atomic E-state index is -4.28. The molecule has 1 aliphatic rings. The van der Waals surface area contributed by atoms with Gasteiger partial charge in [0.05, 0.1) is 33.4 Å². The maximum atomic E-state index is 13.3. The lowest BCUT2D eigenvalue weighted by molar-refractivity contribution is -0.386. The number of pyridine rings is 1. The van der Waals surface area contributed by atoms with Crippen molar-refractivity contribution in [1.82, 2.24) is 23.8 Å². The molecule has 0 saturated carbocycles. The van der Waals surface area contributed by atoms with Crippen LogP contribution in [0.5, 0.6) is 5.75 Å². The molecule has 46 heavy (non-hydrogen) atoms. The number of nitrogens with zero attached hydrogens (tertiary/aromatic N) is 6. The number of aliphatic hydroxyl groups is 2. The average Bonchev–Trinajstić information content (AvgIpc) is 3.56. The molecule has 1 aliphatic heterocycles. The smallest absolute Gasteiger partial charge is 0.312 e. The van der Waals surface area contributed by atoms with E-state index in [9.17, 15) is 28.7 Å². The molecule has 4 heterocycles. The zero-order valence-electron chi connectivity index (χ0n) is 24.4. The van der Waals surface area contributed by atoms with Crippen LogP contribution in [0.2, 0.25) is 0 Å². The van der Waals surface area contributed by atoms with Crippen LogP contribution in [-0.4, -0.2) is 86.4 Å². The number of nitrogens with two attached hydrogens (primary N) is 1. The van der Waals surface area contributed by atoms with Crippen molar-refractivity contribution in [1.29, 1.82) is 0 Å². The molecular formula is C30H27N7O8S. The van der Waals surface area contributed by atoms with Gasteiger partial charge in [0.25, 0.3) is 0 Å². The normalized spacial score (nSPS) is 19.8. The van der Waals surface area contributed by atoms with Crippen molar-refractivity contribution in [3.63, 3.8) is 0 Å². The van der Waals surface area contributed by atoms with E-state index in [2.05, 4.69) is 26.8 Å². The largest absolute Gasteiger partial charge is 0.490 e. The van der Waals surface area contributed by atoms with Gasteiger partial charge < -0.3 is 30.0 Å². The Morgan fingerprint density at radius 3 is 2.67 bits per heavy atom. The Morgan fingerprint density at radius 1 is 1.13 bits per heavy atom. The van der Waals surface area contributed by atoms with Crippen LogP contribution in [0.25, 0.3) is 21.9 Å². The Hall–Kier alpha value is -5.18. The molecule has 2 aromatic carbocycles. The van der Waals surface area contributed by atoms with Crippen LogP contribution in [0.3, 0.4) is 0 Å². The molecule has 1 saturated heterocycles. The highest BCUT2D eigenvalue weighted by molar-refractivity contribution is 7.89. The fourth-order valence-electron chi connectivity index (χ4n) is 5.29. The number of fused-ring (bicyclic) bond motifs is 2. The molecule has 4 N–H and O–H groups in total. The van der Waals surface area contributed by atoms with Crippen molar-refractivity contribution in [2.45, 2.75) is 29.4 Å². The molecule has 236 valence electrons. The van der Waals surface area contributed by atoms with E-state index in [1.165, 1.54) is 37.2 Å². The number of likely N-dealkylation sites (N-methyl/N-ethyl adjacent to an activating group) is 1. The lowest BCUT2D eigenvalue weighted by Crippen LogP contribution is -2.40. The van der Waals surface area contributed by atoms with E-state index in [4.69, 9.17) is 15.2 Å². The molecule has 3 aromatic heterocycles. The fraction of sp³-hybridized carbons (Fsp3) is 0.233. The van der Waals surface area contributed by atoms with Crippen molar-refractivity contribution in [3.8, 4) is 17.6 Å². The number of aromatic nitrogens is 4. The van der Waals surface area contributed by atoms with Crippen molar-refractivity contribution >= 4 is 43.5 Å². The molecule has 0 bridgehead atoms. The second-order valence-electron chi connectivity index (χ2n) is 10.5. The molecule has 0 unspecified atom stereocenters. The molecular weight excluding hydrogens is 618 g/mol. The Labute approximate surface area is 262 Å². The van der Waals surface area contributed by atoms with Crippen LogP contribution < -0.4 is 10.5 Å². The summed E-state index contributed by atoms with van der Waals surface area (Å²) in [6, 6.07) is 12.8. The molecule has 0 spiro atoms. The van der Waals surface area contributed by atoms with E-state index in [0.29, 0.717) is 16.5 Å². The number of nitro benzene ring substituents is 1. The number of hydrogen-bond acceptors (Lipinski definition) is 12. The quantitative estimate of drug-likeness (QED) is 0.132. The number of hydrogen-bond donors (Lipinski definition) is 3. The third kappa shape index (κ3) is 5.46. The Morgan fingerprint density at radius 2 is 1.91 bits per heavy atom. The summed E-state index contributed by atoms with van der Waals surface area (Å²) in [5.41, 5.74) is 7.85. The highest BCUT2D eigenvalue weighted by Gasteiger charge is 2.45. The topological polar surface area (TPSA) is 209 Å². The summed E-state index contributed by atoms with van der Waals surface area (Å²) >= 11 is 0. The van der Waals surface area contributed by atoms with Gasteiger partial charge in [0.15, 0.2) is 12.0 Å². The van der Waals surface area contributed by atoms with E-state index >= 15 is 0 Å². The monoisotopic (exact) mass is 645 g/mol. The van der Waals surface area contributed by atoms with E-state index in [0.717, 1.165) is 21.3 Å². The number of nitrogen functional groups attached to an aromatic ring is 1. The number of aliphatic hydroxyl groups excluding tert-OH is 2. The zero-order valence-corrected chi connectivity index (χ0v) is 25.2. The lowest BCUT2D eigenvalue weighted by Gasteiger charge is -2.22. The summed E-state index contributed by atoms with van der Waals surface area (Å²) in [6.07, 6.45) is -0.952. The number of anilines is 1. The Kier molecular flexibility index (Phi) is 8.02. The highest BCUT2D eigenvalue weighted by atomic mass is 32.2. The first kappa shape index (κ1) is 30.8. The highest BCUT2D eigenvalue weighted by Crippen LogP contribution is 2.36. The van der Waals surface area contributed by atoms with Gasteiger partial charge in [0.1, 0.15) is 36.1 Å². The Bertz CT molecular complexity index is 2160. The van der Waals surface area contributed by atoms with Crippen LogP contribution in [0.4, 0.5) is 11.5 Å². The number of para-hydroxylation sites is 1. The summed E-state index contributed by atoms with van der Waals surface area (Å²) in [5, 5.41) is 34.7. The van der Waals surface area contributed by atoms with Gasteiger partial charge in [-0.3, -0.25) is 15.1 Å². The molecule has 5 aromatic rings. The van der Waals surface area contributed by atoms with Gasteiger partial charge in [-0.25, -0.2) is 18.4 Å². The lowest BCUT2D eigenvalue weighted by atomic mass is 10.1. The van der Waals surface area contributed by atoms with Crippen LogP contribution in [0, 0.1) is 22.0 Å². The molecule has 15 nitrogen and oxygen atoms in total. The van der Waals surface area contributed by atoms with Gasteiger partial charge in [-0.1, -0.05) is 30.0 Å². The average molecular weight is 646 g/mol. The minimum absolute atomic E-state index is 0.103. The van der Waals surface area contributed by atoms with Gasteiger partial charge in [-0.05, 0) is 24.3 Å². The van der Waals surface area contributed by atoms with Gasteiger partial charge in [0.2, 0.25) is 10.0 Å². The number of sulfonamides is 1. The number of methoxy groups -OCH3 is 1. The van der Waals surface area contributed by atoms with E-state index < -0.39 is 51.7 Å². The molecule has 0 amide bonds. The first-order valence-electron chi connectivity index (χ1n) is 13.8. The molecule has 6 rings (SSSR count). The van der Waals surface area contributed by atoms with E-state index in [1.807, 2.05) is 30.3 Å². The van der Waals surface area contributed by atoms with Crippen molar-refractivity contribution in [2.75, 3.05) is 26.4 Å². The summed E-state index contributed by atoms with van der Waals surface area (Å²) in [5.74, 6) is 6.16. The zero-order chi connectivity index (χ0) is 32.7. The summed E-state index contributed by atoms with van der Waals surface area (Å²) in [7, 11) is -1.82. The third-order valence-electron chi connectivity index (χ3n) is 7.67. The molecule has 16 heteroatoms. The number of ether oxygens (including phenoxy) is 2. The number of rotatable bonds is 7. The number of nitro groups is 1. The SMILES string of the molecule is COc1ccc(S(=O)(=O)N(C)C[C@H]2O[C@@H](n3cc(C#Cc4cnc5ccccc5c4)c4c(N)ncnc43)[C@H](O)[C@@H]2O)cc1[N+](=O)[O-]. The predicted octanol–water partition coefficient (Wildman–Crippen LogP) is 1.82. The molecule has 0 aliphatic carbocycles. The standard InChI is InChI=1S/C30H27N7O8S/c1-35(46(42,43)20-9-10-23(44-2)22(12-20)37(40)41)15-24-26(38)27(39)30(45-24)36-14-19(25-28(31)33-16-34-29(25)36)8-7-17-11-18-5-3-4-6-21(18)32-13-17/h3-6,9-14,16,24,26-27,30,38-39H,15H2,1-2H3,(H2,31,33,34)/t24-,26-,27-,30-/m1/s1. The molecule has 4 atom stereocenters. The fourth-order valence-corrected chi connectivity index (χ4v) is 6.49. The molecule has 1 fully saturated rings. The molecule has 0 radical (unpaired) electrons. The van der Waals surface area contributed by atoms with Gasteiger partial charge in [-0.2, -0.15) is 4.31 Å². The van der Waals surface area contributed by atoms with Crippen molar-refractivity contribution in [3.05, 3.63) is 88.5 Å². The summed E-state index contributed by atoms with van der Waals surface area (Å²) < 4.78 is 39.9. The van der Waals surface area contributed by atoms with Crippen LogP contribution in [0.1, 0.15) is 17.4 Å². The maximum absolute atomic E-state index is 13.3. The van der Waals surface area contributed by atoms with Crippen molar-refractivity contribution in [2.24, 2.45) is 0 Å². The first-order valence-corrected chi connectivity index (χ1v) is 15.2. The van der Waals surface area contributed by atoms with E-state index in [1.54, 1.807) is 12.4 Å². The van der Waals surface area contributed by atoms with Crippen LogP contribution >= 0.6 is 0 Å². The Balaban J connectivity index is 1.28. The van der Waals surface area contributed by atoms with Crippen LogP contribution in [-0.2, 0) is 14.8 Å². The van der Waals surface area contributed by atoms with Gasteiger partial charge in [-0.15, -0.1) is 0 Å². The van der Waals surface area contributed by atoms with Gasteiger partial charge >= 0.3 is 5.69 Å². The summed E-state index contributed by atoms with van der Waals surface area (Å²) in [6.45, 7) is -0.394. The predicted molar refractivity (Wildman–Crippen MR) is 165 cm³/mol. The second kappa shape index (κ2) is 12.0. The second-order valence-corrected chi connectivity index (χ2v) is 12.5. The third-order valence-corrected chi connectivity index (χ3v) is 9.49. The van der Waals surface area contributed by atoms with E-state index in [-0.39, 0.29) is 22.1 Å². The maximum Gasteiger partial charge on any atom is 0.312 e. The van der Waals surface area contributed by atoms with Crippen molar-refractivity contribution < 1.29 is 33.0 Å². The van der Waals surface area contributed by atoms with Crippen LogP contribution in [0.15, 0.2) is 72.1 Å². The first-order chi connectivity index (χ1) is 22.0.